The highest BCUT2D eigenvalue weighted by atomic mass is 35.5. The van der Waals surface area contributed by atoms with Gasteiger partial charge < -0.3 is 5.73 Å². The van der Waals surface area contributed by atoms with Crippen molar-refractivity contribution in [2.45, 2.75) is 13.0 Å². The number of carbonyl (C=O) groups excluding carboxylic acids is 1. The summed E-state index contributed by atoms with van der Waals surface area (Å²) in [6.07, 6.45) is 0.380. The maximum Gasteiger partial charge on any atom is 0.167 e. The van der Waals surface area contributed by atoms with Crippen LogP contribution in [0.2, 0.25) is 5.02 Å². The number of nitrogens with two attached hydrogens (primary N) is 1. The molecule has 92 valence electrons. The van der Waals surface area contributed by atoms with Gasteiger partial charge in [-0.1, -0.05) is 41.9 Å². The topological polar surface area (TPSA) is 43.1 Å². The molecule has 3 heteroatoms. The van der Waals surface area contributed by atoms with Crippen molar-refractivity contribution < 1.29 is 4.79 Å². The van der Waals surface area contributed by atoms with Crippen LogP contribution in [0.3, 0.4) is 0 Å². The second kappa shape index (κ2) is 5.80. The number of hydrogen-bond acceptors (Lipinski definition) is 2. The molecular weight excluding hydrogens is 246 g/mol. The van der Waals surface area contributed by atoms with E-state index in [1.54, 1.807) is 12.1 Å². The number of carbonyl (C=O) groups is 1. The Balaban J connectivity index is 2.14. The van der Waals surface area contributed by atoms with Crippen LogP contribution in [0.15, 0.2) is 48.5 Å². The van der Waals surface area contributed by atoms with Gasteiger partial charge in [-0.25, -0.2) is 0 Å². The molecule has 2 aromatic carbocycles. The van der Waals surface area contributed by atoms with Gasteiger partial charge in [-0.15, -0.1) is 0 Å². The molecule has 18 heavy (non-hydrogen) atoms. The minimum Gasteiger partial charge on any atom is -0.326 e. The van der Waals surface area contributed by atoms with Crippen LogP contribution in [0.5, 0.6) is 0 Å². The second-order valence-electron chi connectivity index (χ2n) is 4.13. The molecule has 2 aromatic rings. The lowest BCUT2D eigenvalue weighted by Crippen LogP contribution is -2.05. The molecule has 0 spiro atoms. The zero-order valence-corrected chi connectivity index (χ0v) is 10.7. The van der Waals surface area contributed by atoms with Gasteiger partial charge in [0.1, 0.15) is 0 Å². The van der Waals surface area contributed by atoms with Crippen LogP contribution < -0.4 is 5.73 Å². The molecule has 0 heterocycles. The molecule has 0 fully saturated rings. The number of hydrogen-bond donors (Lipinski definition) is 1. The maximum absolute atomic E-state index is 12.1. The van der Waals surface area contributed by atoms with Gasteiger partial charge in [0.2, 0.25) is 0 Å². The lowest BCUT2D eigenvalue weighted by atomic mass is 10.0. The highest BCUT2D eigenvalue weighted by molar-refractivity contribution is 6.30. The first kappa shape index (κ1) is 12.8. The van der Waals surface area contributed by atoms with Crippen LogP contribution in [0.4, 0.5) is 0 Å². The highest BCUT2D eigenvalue weighted by Gasteiger charge is 2.07. The lowest BCUT2D eigenvalue weighted by Gasteiger charge is -2.04. The normalized spacial score (nSPS) is 10.3. The number of benzene rings is 2. The van der Waals surface area contributed by atoms with Gasteiger partial charge in [-0.2, -0.15) is 0 Å². The summed E-state index contributed by atoms with van der Waals surface area (Å²) in [5.41, 5.74) is 8.19. The minimum atomic E-state index is 0.0904. The fourth-order valence-corrected chi connectivity index (χ4v) is 1.89. The summed E-state index contributed by atoms with van der Waals surface area (Å²) in [4.78, 5) is 12.1. The smallest absolute Gasteiger partial charge is 0.167 e. The summed E-state index contributed by atoms with van der Waals surface area (Å²) in [6.45, 7) is 0.446. The Kier molecular flexibility index (Phi) is 4.13. The molecule has 0 aliphatic rings. The molecule has 2 N–H and O–H groups in total. The minimum absolute atomic E-state index is 0.0904. The molecule has 2 rings (SSSR count). The second-order valence-corrected chi connectivity index (χ2v) is 4.57. The van der Waals surface area contributed by atoms with E-state index in [4.69, 9.17) is 17.3 Å². The quantitative estimate of drug-likeness (QED) is 0.857. The van der Waals surface area contributed by atoms with Gasteiger partial charge in [-0.3, -0.25) is 4.79 Å². The van der Waals surface area contributed by atoms with Crippen molar-refractivity contribution in [2.75, 3.05) is 0 Å². The van der Waals surface area contributed by atoms with Crippen LogP contribution >= 0.6 is 11.6 Å². The Morgan fingerprint density at radius 2 is 1.78 bits per heavy atom. The summed E-state index contributed by atoms with van der Waals surface area (Å²) >= 11 is 5.81. The van der Waals surface area contributed by atoms with E-state index in [2.05, 4.69) is 0 Å². The largest absolute Gasteiger partial charge is 0.326 e. The zero-order valence-electron chi connectivity index (χ0n) is 9.90. The summed E-state index contributed by atoms with van der Waals surface area (Å²) in [7, 11) is 0. The molecule has 2 nitrogen and oxygen atoms in total. The first-order valence-electron chi connectivity index (χ1n) is 5.75. The summed E-state index contributed by atoms with van der Waals surface area (Å²) in [5, 5.41) is 0.677. The SMILES string of the molecule is NCc1cccc(C(=O)Cc2ccc(Cl)cc2)c1. The van der Waals surface area contributed by atoms with E-state index in [-0.39, 0.29) is 5.78 Å². The van der Waals surface area contributed by atoms with Crippen LogP contribution in [-0.2, 0) is 13.0 Å². The van der Waals surface area contributed by atoms with Crippen molar-refractivity contribution in [3.63, 3.8) is 0 Å². The maximum atomic E-state index is 12.1. The third-order valence-electron chi connectivity index (χ3n) is 2.76. The van der Waals surface area contributed by atoms with E-state index in [1.807, 2.05) is 36.4 Å². The molecule has 0 aliphatic heterocycles. The predicted molar refractivity (Wildman–Crippen MR) is 73.8 cm³/mol. The molecule has 0 unspecified atom stereocenters. The van der Waals surface area contributed by atoms with Crippen molar-refractivity contribution in [1.29, 1.82) is 0 Å². The number of halogens is 1. The molecule has 0 amide bonds. The standard InChI is InChI=1S/C15H14ClNO/c16-14-6-4-11(5-7-14)9-15(18)13-3-1-2-12(8-13)10-17/h1-8H,9-10,17H2. The van der Waals surface area contributed by atoms with Gasteiger partial charge >= 0.3 is 0 Å². The Bertz CT molecular complexity index is 549. The third-order valence-corrected chi connectivity index (χ3v) is 3.01. The Morgan fingerprint density at radius 3 is 2.44 bits per heavy atom. The average Bonchev–Trinajstić information content (AvgIpc) is 2.41. The van der Waals surface area contributed by atoms with E-state index in [1.165, 1.54) is 0 Å². The molecule has 0 aromatic heterocycles. The Morgan fingerprint density at radius 1 is 1.06 bits per heavy atom. The van der Waals surface area contributed by atoms with Crippen LogP contribution in [0.25, 0.3) is 0 Å². The van der Waals surface area contributed by atoms with Crippen molar-refractivity contribution in [1.82, 2.24) is 0 Å². The van der Waals surface area contributed by atoms with E-state index < -0.39 is 0 Å². The predicted octanol–water partition coefficient (Wildman–Crippen LogP) is 3.22. The van der Waals surface area contributed by atoms with E-state index >= 15 is 0 Å². The fraction of sp³-hybridized carbons (Fsp3) is 0.133. The van der Waals surface area contributed by atoms with Gasteiger partial charge in [0.15, 0.2) is 5.78 Å². The first-order chi connectivity index (χ1) is 8.69. The van der Waals surface area contributed by atoms with Crippen molar-refractivity contribution >= 4 is 17.4 Å². The molecule has 0 aliphatic carbocycles. The number of ketones is 1. The van der Waals surface area contributed by atoms with E-state index in [0.717, 1.165) is 11.1 Å². The zero-order chi connectivity index (χ0) is 13.0. The van der Waals surface area contributed by atoms with Gasteiger partial charge in [0.25, 0.3) is 0 Å². The average molecular weight is 260 g/mol. The summed E-state index contributed by atoms with van der Waals surface area (Å²) in [6, 6.07) is 14.8. The lowest BCUT2D eigenvalue weighted by molar-refractivity contribution is 0.0993. The van der Waals surface area contributed by atoms with Crippen molar-refractivity contribution in [2.24, 2.45) is 5.73 Å². The Labute approximate surface area is 111 Å². The molecular formula is C15H14ClNO. The molecule has 0 atom stereocenters. The molecule has 0 saturated carbocycles. The van der Waals surface area contributed by atoms with Gasteiger partial charge in [0.05, 0.1) is 0 Å². The molecule has 0 radical (unpaired) electrons. The van der Waals surface area contributed by atoms with Crippen LogP contribution in [0, 0.1) is 0 Å². The van der Waals surface area contributed by atoms with Gasteiger partial charge in [-0.05, 0) is 29.3 Å². The van der Waals surface area contributed by atoms with Crippen LogP contribution in [0.1, 0.15) is 21.5 Å². The fourth-order valence-electron chi connectivity index (χ4n) is 1.76. The van der Waals surface area contributed by atoms with Crippen LogP contribution in [-0.4, -0.2) is 5.78 Å². The summed E-state index contributed by atoms with van der Waals surface area (Å²) in [5.74, 6) is 0.0904. The third kappa shape index (κ3) is 3.19. The number of rotatable bonds is 4. The molecule has 0 bridgehead atoms. The van der Waals surface area contributed by atoms with E-state index in [0.29, 0.717) is 23.6 Å². The first-order valence-corrected chi connectivity index (χ1v) is 6.13. The number of Topliss-reactive ketones (excluding diaryl/α,β-unsaturated/α-hetero) is 1. The molecule has 0 saturated heterocycles. The van der Waals surface area contributed by atoms with Crippen molar-refractivity contribution in [3.05, 3.63) is 70.2 Å². The highest BCUT2D eigenvalue weighted by Crippen LogP contribution is 2.13. The Hall–Kier alpha value is -1.64. The van der Waals surface area contributed by atoms with Gasteiger partial charge in [0, 0.05) is 23.6 Å². The summed E-state index contributed by atoms with van der Waals surface area (Å²) < 4.78 is 0. The monoisotopic (exact) mass is 259 g/mol. The van der Waals surface area contributed by atoms with E-state index in [9.17, 15) is 4.79 Å². The van der Waals surface area contributed by atoms with Crippen molar-refractivity contribution in [3.8, 4) is 0 Å².